The van der Waals surface area contributed by atoms with E-state index in [1.165, 1.54) is 0 Å². The number of methoxy groups -OCH3 is 1. The monoisotopic (exact) mass is 456 g/mol. The van der Waals surface area contributed by atoms with E-state index in [4.69, 9.17) is 9.72 Å². The fourth-order valence-electron chi connectivity index (χ4n) is 4.64. The highest BCUT2D eigenvalue weighted by atomic mass is 16.5. The number of benzene rings is 2. The molecule has 34 heavy (non-hydrogen) atoms. The number of fused-ring (bicyclic) bond motifs is 2. The van der Waals surface area contributed by atoms with Crippen LogP contribution in [0.2, 0.25) is 0 Å². The summed E-state index contributed by atoms with van der Waals surface area (Å²) in [5, 5.41) is 16.2. The van der Waals surface area contributed by atoms with Gasteiger partial charge in [-0.1, -0.05) is 12.1 Å². The van der Waals surface area contributed by atoms with E-state index in [2.05, 4.69) is 20.5 Å². The number of imidazole rings is 1. The summed E-state index contributed by atoms with van der Waals surface area (Å²) in [5.74, 6) is 1.34. The number of hydrogen-bond donors (Lipinski definition) is 3. The molecule has 1 atom stereocenters. The van der Waals surface area contributed by atoms with E-state index in [1.54, 1.807) is 13.3 Å². The van der Waals surface area contributed by atoms with Crippen LogP contribution in [0.3, 0.4) is 0 Å². The predicted molar refractivity (Wildman–Crippen MR) is 130 cm³/mol. The topological polar surface area (TPSA) is 104 Å². The second-order valence-electron chi connectivity index (χ2n) is 8.63. The van der Waals surface area contributed by atoms with Gasteiger partial charge in [0.15, 0.2) is 11.5 Å². The number of anilines is 4. The van der Waals surface area contributed by atoms with Gasteiger partial charge in [0.2, 0.25) is 5.91 Å². The van der Waals surface area contributed by atoms with Gasteiger partial charge in [0.05, 0.1) is 31.0 Å². The van der Waals surface area contributed by atoms with Crippen LogP contribution in [0, 0.1) is 0 Å². The predicted octanol–water partition coefficient (Wildman–Crippen LogP) is 3.21. The van der Waals surface area contributed by atoms with Crippen molar-refractivity contribution in [3.8, 4) is 17.0 Å². The van der Waals surface area contributed by atoms with Gasteiger partial charge in [-0.3, -0.25) is 4.79 Å². The Labute approximate surface area is 196 Å². The molecule has 9 heteroatoms. The molecule has 0 spiro atoms. The summed E-state index contributed by atoms with van der Waals surface area (Å²) < 4.78 is 7.57. The van der Waals surface area contributed by atoms with Crippen LogP contribution in [0.1, 0.15) is 12.0 Å². The van der Waals surface area contributed by atoms with Crippen LogP contribution in [0.5, 0.6) is 5.75 Å². The average molecular weight is 457 g/mol. The lowest BCUT2D eigenvalue weighted by molar-refractivity contribution is -0.115. The van der Waals surface area contributed by atoms with E-state index in [-0.39, 0.29) is 12.0 Å². The fraction of sp³-hybridized carbons (Fsp3) is 0.240. The van der Waals surface area contributed by atoms with Crippen LogP contribution >= 0.6 is 0 Å². The van der Waals surface area contributed by atoms with Gasteiger partial charge in [0.25, 0.3) is 0 Å². The molecule has 0 bridgehead atoms. The minimum Gasteiger partial charge on any atom is -0.495 e. The molecule has 1 saturated heterocycles. The van der Waals surface area contributed by atoms with E-state index in [0.717, 1.165) is 52.6 Å². The van der Waals surface area contributed by atoms with E-state index >= 15 is 0 Å². The SMILES string of the molecule is COc1cc(Nc2nc(-c3ccc4c(c3)NC(=O)C4)cn3ccnc23)ccc1N1CCC(O)C1. The molecule has 1 unspecified atom stereocenters. The number of nitrogens with one attached hydrogen (secondary N) is 2. The zero-order chi connectivity index (χ0) is 23.2. The molecule has 2 aliphatic heterocycles. The van der Waals surface area contributed by atoms with Crippen molar-refractivity contribution in [3.05, 3.63) is 60.6 Å². The normalized spacial score (nSPS) is 17.2. The van der Waals surface area contributed by atoms with Gasteiger partial charge in [-0.2, -0.15) is 0 Å². The van der Waals surface area contributed by atoms with Gasteiger partial charge < -0.3 is 29.8 Å². The number of amides is 1. The molecule has 2 aromatic carbocycles. The van der Waals surface area contributed by atoms with Crippen molar-refractivity contribution in [2.24, 2.45) is 0 Å². The van der Waals surface area contributed by atoms with E-state index < -0.39 is 0 Å². The van der Waals surface area contributed by atoms with Gasteiger partial charge in [-0.25, -0.2) is 9.97 Å². The van der Waals surface area contributed by atoms with Crippen LogP contribution in [-0.2, 0) is 11.2 Å². The molecule has 172 valence electrons. The van der Waals surface area contributed by atoms with Gasteiger partial charge in [0, 0.05) is 54.7 Å². The van der Waals surface area contributed by atoms with Gasteiger partial charge in [-0.15, -0.1) is 0 Å². The first-order valence-corrected chi connectivity index (χ1v) is 11.2. The molecule has 0 radical (unpaired) electrons. The Morgan fingerprint density at radius 1 is 1.24 bits per heavy atom. The Kier molecular flexibility index (Phi) is 4.84. The summed E-state index contributed by atoms with van der Waals surface area (Å²) in [6, 6.07) is 11.8. The Morgan fingerprint density at radius 2 is 2.15 bits per heavy atom. The van der Waals surface area contributed by atoms with Crippen molar-refractivity contribution < 1.29 is 14.6 Å². The molecule has 0 aliphatic carbocycles. The molecule has 4 aromatic rings. The summed E-state index contributed by atoms with van der Waals surface area (Å²) in [6.07, 6.45) is 6.39. The zero-order valence-electron chi connectivity index (χ0n) is 18.7. The third-order valence-electron chi connectivity index (χ3n) is 6.35. The third kappa shape index (κ3) is 3.60. The summed E-state index contributed by atoms with van der Waals surface area (Å²) in [7, 11) is 1.65. The lowest BCUT2D eigenvalue weighted by Gasteiger charge is -2.21. The fourth-order valence-corrected chi connectivity index (χ4v) is 4.64. The molecule has 1 amide bonds. The molecule has 2 aromatic heterocycles. The molecule has 6 rings (SSSR count). The van der Waals surface area contributed by atoms with Crippen LogP contribution in [0.15, 0.2) is 55.0 Å². The lowest BCUT2D eigenvalue weighted by atomic mass is 10.1. The van der Waals surface area contributed by atoms with Crippen molar-refractivity contribution >= 4 is 34.4 Å². The number of carbonyl (C=O) groups excluding carboxylic acids is 1. The maximum absolute atomic E-state index is 11.7. The van der Waals surface area contributed by atoms with Crippen molar-refractivity contribution in [2.75, 3.05) is 35.7 Å². The minimum absolute atomic E-state index is 0.00774. The minimum atomic E-state index is -0.310. The highest BCUT2D eigenvalue weighted by Gasteiger charge is 2.23. The number of β-amino-alcohol motifs (C(OH)–C–C–N with tert-alkyl or cyclic N) is 1. The van der Waals surface area contributed by atoms with Crippen LogP contribution in [0.25, 0.3) is 16.9 Å². The van der Waals surface area contributed by atoms with Gasteiger partial charge in [0.1, 0.15) is 5.75 Å². The number of hydrogen-bond acceptors (Lipinski definition) is 7. The van der Waals surface area contributed by atoms with Crippen LogP contribution < -0.4 is 20.3 Å². The van der Waals surface area contributed by atoms with Crippen molar-refractivity contribution in [1.82, 2.24) is 14.4 Å². The highest BCUT2D eigenvalue weighted by Crippen LogP contribution is 2.35. The van der Waals surface area contributed by atoms with Gasteiger partial charge in [-0.05, 0) is 30.2 Å². The number of rotatable bonds is 5. The van der Waals surface area contributed by atoms with Gasteiger partial charge >= 0.3 is 0 Å². The molecule has 4 heterocycles. The average Bonchev–Trinajstić information content (AvgIpc) is 3.57. The quantitative estimate of drug-likeness (QED) is 0.424. The Morgan fingerprint density at radius 3 is 2.97 bits per heavy atom. The molecule has 9 nitrogen and oxygen atoms in total. The number of aliphatic hydroxyl groups is 1. The smallest absolute Gasteiger partial charge is 0.228 e. The van der Waals surface area contributed by atoms with E-state index in [1.807, 2.05) is 53.2 Å². The highest BCUT2D eigenvalue weighted by molar-refractivity contribution is 5.99. The number of nitrogens with zero attached hydrogens (tertiary/aromatic N) is 4. The molecular weight excluding hydrogens is 432 g/mol. The molecule has 3 N–H and O–H groups in total. The summed E-state index contributed by atoms with van der Waals surface area (Å²) >= 11 is 0. The Bertz CT molecular complexity index is 1420. The first kappa shape index (κ1) is 20.5. The lowest BCUT2D eigenvalue weighted by Crippen LogP contribution is -2.21. The summed E-state index contributed by atoms with van der Waals surface area (Å²) in [6.45, 7) is 1.40. The molecule has 1 fully saturated rings. The first-order chi connectivity index (χ1) is 16.6. The Balaban J connectivity index is 1.35. The van der Waals surface area contributed by atoms with E-state index in [0.29, 0.717) is 24.4 Å². The standard InChI is InChI=1S/C25H24N6O3/c1-34-22-12-17(4-5-21(22)30-8-6-18(32)13-30)27-24-25-26-7-9-31(25)14-20(29-24)15-2-3-16-11-23(33)28-19(16)10-15/h2-5,7,9-10,12,14,18,32H,6,8,11,13H2,1H3,(H,27,29)(H,28,33). The number of aromatic nitrogens is 3. The second kappa shape index (κ2) is 8.03. The van der Waals surface area contributed by atoms with Crippen molar-refractivity contribution in [3.63, 3.8) is 0 Å². The molecule has 2 aliphatic rings. The third-order valence-corrected chi connectivity index (χ3v) is 6.35. The van der Waals surface area contributed by atoms with E-state index in [9.17, 15) is 9.90 Å². The maximum atomic E-state index is 11.7. The Hall–Kier alpha value is -4.11. The van der Waals surface area contributed by atoms with Crippen molar-refractivity contribution in [2.45, 2.75) is 18.9 Å². The number of carbonyl (C=O) groups is 1. The first-order valence-electron chi connectivity index (χ1n) is 11.2. The molecule has 0 saturated carbocycles. The summed E-state index contributed by atoms with van der Waals surface area (Å²) in [4.78, 5) is 23.2. The molecular formula is C25H24N6O3. The second-order valence-corrected chi connectivity index (χ2v) is 8.63. The number of ether oxygens (including phenoxy) is 1. The van der Waals surface area contributed by atoms with Crippen LogP contribution in [0.4, 0.5) is 22.9 Å². The van der Waals surface area contributed by atoms with Crippen molar-refractivity contribution in [1.29, 1.82) is 0 Å². The van der Waals surface area contributed by atoms with Crippen LogP contribution in [-0.4, -0.2) is 51.7 Å². The largest absolute Gasteiger partial charge is 0.495 e. The summed E-state index contributed by atoms with van der Waals surface area (Å²) in [5.41, 5.74) is 5.95. The number of aliphatic hydroxyl groups excluding tert-OH is 1. The maximum Gasteiger partial charge on any atom is 0.228 e. The zero-order valence-corrected chi connectivity index (χ0v) is 18.7.